The molecule has 6 nitrogen and oxygen atoms in total. The number of nitrogens with zero attached hydrogens (tertiary/aromatic N) is 3. The van der Waals surface area contributed by atoms with Gasteiger partial charge in [0.25, 0.3) is 0 Å². The van der Waals surface area contributed by atoms with Gasteiger partial charge in [-0.2, -0.15) is 0 Å². The Bertz CT molecular complexity index is 657. The Morgan fingerprint density at radius 2 is 1.82 bits per heavy atom. The number of aromatic nitrogens is 1. The molecule has 1 N–H and O–H groups in total. The first-order valence-corrected chi connectivity index (χ1v) is 10.6. The number of carbonyl (C=O) groups is 2. The maximum Gasteiger partial charge on any atom is 0.237 e. The van der Waals surface area contributed by atoms with Crippen LogP contribution in [0, 0.1) is 11.3 Å². The summed E-state index contributed by atoms with van der Waals surface area (Å²) in [5, 5.41) is 3.11. The van der Waals surface area contributed by atoms with Crippen LogP contribution in [0.4, 0.5) is 0 Å². The number of amides is 2. The van der Waals surface area contributed by atoms with E-state index in [-0.39, 0.29) is 23.3 Å². The molecule has 0 bridgehead atoms. The van der Waals surface area contributed by atoms with Gasteiger partial charge in [-0.3, -0.25) is 19.5 Å². The minimum absolute atomic E-state index is 0.0990. The first-order chi connectivity index (χ1) is 13.4. The summed E-state index contributed by atoms with van der Waals surface area (Å²) in [6.45, 7) is 9.29. The van der Waals surface area contributed by atoms with E-state index in [0.29, 0.717) is 25.6 Å². The van der Waals surface area contributed by atoms with Crippen molar-refractivity contribution in [3.05, 3.63) is 30.1 Å². The van der Waals surface area contributed by atoms with Crippen LogP contribution in [0.1, 0.15) is 52.1 Å². The second-order valence-corrected chi connectivity index (χ2v) is 9.11. The molecule has 0 radical (unpaired) electrons. The third-order valence-corrected chi connectivity index (χ3v) is 5.92. The molecule has 0 aromatic carbocycles. The summed E-state index contributed by atoms with van der Waals surface area (Å²) < 4.78 is 0. The SMILES string of the molecule is CC(C)(C)C(=O)N1CCN([C@@H](C(=O)NCc2ccccn2)C2CCCC2)CC1. The van der Waals surface area contributed by atoms with Gasteiger partial charge < -0.3 is 10.2 Å². The minimum atomic E-state index is -0.354. The lowest BCUT2D eigenvalue weighted by Crippen LogP contribution is -2.58. The van der Waals surface area contributed by atoms with Crippen molar-refractivity contribution < 1.29 is 9.59 Å². The summed E-state index contributed by atoms with van der Waals surface area (Å²) in [6, 6.07) is 5.65. The zero-order chi connectivity index (χ0) is 20.1. The van der Waals surface area contributed by atoms with Gasteiger partial charge >= 0.3 is 0 Å². The number of pyridine rings is 1. The average molecular weight is 387 g/mol. The van der Waals surface area contributed by atoms with Gasteiger partial charge in [-0.1, -0.05) is 39.7 Å². The maximum atomic E-state index is 13.1. The van der Waals surface area contributed by atoms with Crippen LogP contribution in [-0.4, -0.2) is 58.8 Å². The number of piperazine rings is 1. The average Bonchev–Trinajstić information content (AvgIpc) is 3.21. The van der Waals surface area contributed by atoms with Crippen LogP contribution >= 0.6 is 0 Å². The van der Waals surface area contributed by atoms with Gasteiger partial charge in [-0.05, 0) is 30.9 Å². The van der Waals surface area contributed by atoms with Crippen LogP contribution in [0.15, 0.2) is 24.4 Å². The molecule has 2 aliphatic rings. The molecule has 0 spiro atoms. The molecule has 2 heterocycles. The van der Waals surface area contributed by atoms with Crippen LogP contribution in [0.2, 0.25) is 0 Å². The van der Waals surface area contributed by atoms with E-state index in [4.69, 9.17) is 0 Å². The van der Waals surface area contributed by atoms with Crippen molar-refractivity contribution in [2.24, 2.45) is 11.3 Å². The molecule has 1 saturated heterocycles. The Morgan fingerprint density at radius 1 is 1.14 bits per heavy atom. The fraction of sp³-hybridized carbons (Fsp3) is 0.682. The highest BCUT2D eigenvalue weighted by atomic mass is 16.2. The molecule has 1 aliphatic heterocycles. The van der Waals surface area contributed by atoms with E-state index < -0.39 is 0 Å². The van der Waals surface area contributed by atoms with Gasteiger partial charge in [0.15, 0.2) is 0 Å². The van der Waals surface area contributed by atoms with Gasteiger partial charge in [0.2, 0.25) is 11.8 Å². The molecule has 154 valence electrons. The Kier molecular flexibility index (Phi) is 6.70. The van der Waals surface area contributed by atoms with Crippen LogP contribution in [-0.2, 0) is 16.1 Å². The quantitative estimate of drug-likeness (QED) is 0.844. The second kappa shape index (κ2) is 9.03. The number of rotatable bonds is 5. The summed E-state index contributed by atoms with van der Waals surface area (Å²) in [5.41, 5.74) is 0.522. The van der Waals surface area contributed by atoms with E-state index >= 15 is 0 Å². The van der Waals surface area contributed by atoms with E-state index in [9.17, 15) is 9.59 Å². The van der Waals surface area contributed by atoms with E-state index in [1.54, 1.807) is 6.20 Å². The second-order valence-electron chi connectivity index (χ2n) is 9.11. The van der Waals surface area contributed by atoms with Crippen LogP contribution in [0.5, 0.6) is 0 Å². The van der Waals surface area contributed by atoms with Crippen molar-refractivity contribution >= 4 is 11.8 Å². The maximum absolute atomic E-state index is 13.1. The minimum Gasteiger partial charge on any atom is -0.349 e. The predicted octanol–water partition coefficient (Wildman–Crippen LogP) is 2.45. The van der Waals surface area contributed by atoms with E-state index in [1.807, 2.05) is 43.9 Å². The lowest BCUT2D eigenvalue weighted by atomic mass is 9.93. The molecule has 1 aromatic heterocycles. The predicted molar refractivity (Wildman–Crippen MR) is 109 cm³/mol. The highest BCUT2D eigenvalue weighted by Gasteiger charge is 2.38. The van der Waals surface area contributed by atoms with Crippen molar-refractivity contribution in [2.45, 2.75) is 59.0 Å². The van der Waals surface area contributed by atoms with E-state index in [2.05, 4.69) is 15.2 Å². The number of carbonyl (C=O) groups excluding carboxylic acids is 2. The molecule has 1 aliphatic carbocycles. The van der Waals surface area contributed by atoms with Crippen molar-refractivity contribution in [2.75, 3.05) is 26.2 Å². The van der Waals surface area contributed by atoms with Crippen LogP contribution < -0.4 is 5.32 Å². The molecule has 1 atom stereocenters. The molecule has 0 unspecified atom stereocenters. The Morgan fingerprint density at radius 3 is 2.39 bits per heavy atom. The highest BCUT2D eigenvalue weighted by Crippen LogP contribution is 2.31. The molecular formula is C22H34N4O2. The normalized spacial score (nSPS) is 20.2. The molecule has 3 rings (SSSR count). The Balaban J connectivity index is 1.62. The zero-order valence-corrected chi connectivity index (χ0v) is 17.5. The van der Waals surface area contributed by atoms with E-state index in [0.717, 1.165) is 31.6 Å². The Labute approximate surface area is 168 Å². The van der Waals surface area contributed by atoms with Crippen molar-refractivity contribution in [3.63, 3.8) is 0 Å². The zero-order valence-electron chi connectivity index (χ0n) is 17.5. The molecule has 6 heteroatoms. The van der Waals surface area contributed by atoms with E-state index in [1.165, 1.54) is 12.8 Å². The van der Waals surface area contributed by atoms with Gasteiger partial charge in [-0.25, -0.2) is 0 Å². The first kappa shape index (κ1) is 20.8. The molecular weight excluding hydrogens is 352 g/mol. The Hall–Kier alpha value is -1.95. The lowest BCUT2D eigenvalue weighted by molar-refractivity contribution is -0.142. The largest absolute Gasteiger partial charge is 0.349 e. The van der Waals surface area contributed by atoms with Crippen molar-refractivity contribution in [3.8, 4) is 0 Å². The lowest BCUT2D eigenvalue weighted by Gasteiger charge is -2.42. The van der Waals surface area contributed by atoms with Gasteiger partial charge in [0, 0.05) is 37.8 Å². The van der Waals surface area contributed by atoms with Gasteiger partial charge in [0.05, 0.1) is 18.3 Å². The summed E-state index contributed by atoms with van der Waals surface area (Å²) in [6.07, 6.45) is 6.39. The summed E-state index contributed by atoms with van der Waals surface area (Å²) in [5.74, 6) is 0.714. The molecule has 1 aromatic rings. The highest BCUT2D eigenvalue weighted by molar-refractivity contribution is 5.83. The van der Waals surface area contributed by atoms with Crippen LogP contribution in [0.25, 0.3) is 0 Å². The van der Waals surface area contributed by atoms with Crippen molar-refractivity contribution in [1.82, 2.24) is 20.1 Å². The fourth-order valence-corrected chi connectivity index (χ4v) is 4.41. The first-order valence-electron chi connectivity index (χ1n) is 10.6. The summed E-state index contributed by atoms with van der Waals surface area (Å²) in [7, 11) is 0. The number of hydrogen-bond acceptors (Lipinski definition) is 4. The fourth-order valence-electron chi connectivity index (χ4n) is 4.41. The van der Waals surface area contributed by atoms with Crippen molar-refractivity contribution in [1.29, 1.82) is 0 Å². The standard InChI is InChI=1S/C22H34N4O2/c1-22(2,3)21(28)26-14-12-25(13-15-26)19(17-8-4-5-9-17)20(27)24-16-18-10-6-7-11-23-18/h6-7,10-11,17,19H,4-5,8-9,12-16H2,1-3H3,(H,24,27)/t19-/m1/s1. The van der Waals surface area contributed by atoms with Crippen LogP contribution in [0.3, 0.4) is 0 Å². The smallest absolute Gasteiger partial charge is 0.237 e. The topological polar surface area (TPSA) is 65.5 Å². The molecule has 2 fully saturated rings. The molecule has 2 amide bonds. The van der Waals surface area contributed by atoms with Gasteiger partial charge in [0.1, 0.15) is 0 Å². The summed E-state index contributed by atoms with van der Waals surface area (Å²) in [4.78, 5) is 34.2. The molecule has 28 heavy (non-hydrogen) atoms. The monoisotopic (exact) mass is 386 g/mol. The third kappa shape index (κ3) is 5.10. The number of hydrogen-bond donors (Lipinski definition) is 1. The number of nitrogens with one attached hydrogen (secondary N) is 1. The summed E-state index contributed by atoms with van der Waals surface area (Å²) >= 11 is 0. The van der Waals surface area contributed by atoms with Gasteiger partial charge in [-0.15, -0.1) is 0 Å². The third-order valence-electron chi connectivity index (χ3n) is 5.92. The molecule has 1 saturated carbocycles.